The Bertz CT molecular complexity index is 423. The quantitative estimate of drug-likeness (QED) is 0.724. The zero-order valence-electron chi connectivity index (χ0n) is 12.6. The molecule has 1 fully saturated rings. The molecule has 6 nitrogen and oxygen atoms in total. The molecule has 3 N–H and O–H groups in total. The van der Waals surface area contributed by atoms with Crippen molar-refractivity contribution >= 4 is 30.7 Å². The second-order valence-electron chi connectivity index (χ2n) is 4.92. The number of hydrogen-bond acceptors (Lipinski definition) is 5. The fourth-order valence-electron chi connectivity index (χ4n) is 2.20. The van der Waals surface area contributed by atoms with E-state index in [1.54, 1.807) is 6.07 Å². The Balaban J connectivity index is 0.00000220. The lowest BCUT2D eigenvalue weighted by Gasteiger charge is -2.26. The van der Waals surface area contributed by atoms with E-state index >= 15 is 0 Å². The average molecular weight is 354 g/mol. The highest BCUT2D eigenvalue weighted by atomic mass is 35.5. The van der Waals surface area contributed by atoms with Crippen molar-refractivity contribution in [1.29, 1.82) is 0 Å². The van der Waals surface area contributed by atoms with Crippen LogP contribution in [-0.2, 0) is 11.3 Å². The van der Waals surface area contributed by atoms with Crippen LogP contribution in [0.1, 0.15) is 29.0 Å². The van der Waals surface area contributed by atoms with E-state index in [2.05, 4.69) is 10.2 Å². The van der Waals surface area contributed by atoms with Gasteiger partial charge in [-0.1, -0.05) is 0 Å². The number of amides is 1. The first-order valence-electron chi connectivity index (χ1n) is 7.15. The molecule has 0 aliphatic carbocycles. The van der Waals surface area contributed by atoms with Gasteiger partial charge >= 0.3 is 0 Å². The van der Waals surface area contributed by atoms with Gasteiger partial charge in [0.05, 0.1) is 25.3 Å². The van der Waals surface area contributed by atoms with E-state index in [0.717, 1.165) is 45.7 Å². The van der Waals surface area contributed by atoms with Gasteiger partial charge in [0.2, 0.25) is 0 Å². The summed E-state index contributed by atoms with van der Waals surface area (Å²) in [5, 5.41) is 2.89. The van der Waals surface area contributed by atoms with Crippen LogP contribution in [0.4, 0.5) is 0 Å². The number of carbonyl (C=O) groups excluding carboxylic acids is 1. The molecule has 1 amide bonds. The van der Waals surface area contributed by atoms with Gasteiger partial charge < -0.3 is 20.2 Å². The summed E-state index contributed by atoms with van der Waals surface area (Å²) in [6.07, 6.45) is 3.51. The van der Waals surface area contributed by atoms with Gasteiger partial charge in [-0.25, -0.2) is 0 Å². The van der Waals surface area contributed by atoms with Crippen molar-refractivity contribution in [1.82, 2.24) is 10.2 Å². The van der Waals surface area contributed by atoms with Gasteiger partial charge in [0.15, 0.2) is 0 Å². The summed E-state index contributed by atoms with van der Waals surface area (Å²) in [5.74, 6) is 0.530. The number of carbonyl (C=O) groups is 1. The van der Waals surface area contributed by atoms with Gasteiger partial charge in [-0.2, -0.15) is 0 Å². The van der Waals surface area contributed by atoms with Crippen LogP contribution in [0, 0.1) is 0 Å². The summed E-state index contributed by atoms with van der Waals surface area (Å²) in [6.45, 7) is 5.77. The predicted molar refractivity (Wildman–Crippen MR) is 89.9 cm³/mol. The molecule has 0 unspecified atom stereocenters. The molecule has 0 aromatic carbocycles. The highest BCUT2D eigenvalue weighted by Crippen LogP contribution is 2.06. The number of nitrogens with zero attached hydrogens (tertiary/aromatic N) is 1. The van der Waals surface area contributed by atoms with Crippen molar-refractivity contribution in [2.24, 2.45) is 5.73 Å². The number of halogens is 2. The Morgan fingerprint density at radius 3 is 2.64 bits per heavy atom. The van der Waals surface area contributed by atoms with Crippen molar-refractivity contribution in [3.8, 4) is 0 Å². The molecule has 2 rings (SSSR count). The highest BCUT2D eigenvalue weighted by molar-refractivity contribution is 5.93. The monoisotopic (exact) mass is 353 g/mol. The predicted octanol–water partition coefficient (Wildman–Crippen LogP) is 1.42. The number of hydrogen-bond donors (Lipinski definition) is 2. The van der Waals surface area contributed by atoms with E-state index in [1.807, 2.05) is 0 Å². The maximum Gasteiger partial charge on any atom is 0.254 e. The molecule has 0 spiro atoms. The SMILES string of the molecule is Cl.Cl.NCc1cc(C(=O)NCCCCN2CCOCC2)co1. The van der Waals surface area contributed by atoms with Crippen molar-refractivity contribution in [3.05, 3.63) is 23.7 Å². The lowest BCUT2D eigenvalue weighted by Crippen LogP contribution is -2.37. The molecule has 0 bridgehead atoms. The zero-order chi connectivity index (χ0) is 14.2. The fourth-order valence-corrected chi connectivity index (χ4v) is 2.20. The molecule has 1 aromatic rings. The Labute approximate surface area is 143 Å². The van der Waals surface area contributed by atoms with E-state index in [9.17, 15) is 4.79 Å². The van der Waals surface area contributed by atoms with E-state index < -0.39 is 0 Å². The minimum Gasteiger partial charge on any atom is -0.467 e. The van der Waals surface area contributed by atoms with Gasteiger partial charge in [0.25, 0.3) is 5.91 Å². The van der Waals surface area contributed by atoms with Gasteiger partial charge in [-0.15, -0.1) is 24.8 Å². The summed E-state index contributed by atoms with van der Waals surface area (Å²) >= 11 is 0. The van der Waals surface area contributed by atoms with Crippen LogP contribution in [0.5, 0.6) is 0 Å². The first kappa shape index (κ1) is 21.2. The van der Waals surface area contributed by atoms with Crippen LogP contribution in [-0.4, -0.2) is 50.2 Å². The first-order valence-corrected chi connectivity index (χ1v) is 7.15. The molecule has 0 atom stereocenters. The minimum absolute atomic E-state index is 0. The number of nitrogens with one attached hydrogen (secondary N) is 1. The third-order valence-electron chi connectivity index (χ3n) is 3.41. The molecule has 1 saturated heterocycles. The number of morpholine rings is 1. The van der Waals surface area contributed by atoms with E-state index in [0.29, 0.717) is 24.4 Å². The van der Waals surface area contributed by atoms with Gasteiger partial charge in [0, 0.05) is 19.6 Å². The molecule has 2 heterocycles. The minimum atomic E-state index is -0.0974. The van der Waals surface area contributed by atoms with Crippen LogP contribution >= 0.6 is 24.8 Å². The number of nitrogens with two attached hydrogens (primary N) is 1. The number of unbranched alkanes of at least 4 members (excludes halogenated alkanes) is 1. The topological polar surface area (TPSA) is 80.7 Å². The number of ether oxygens (including phenoxy) is 1. The van der Waals surface area contributed by atoms with Crippen LogP contribution in [0.2, 0.25) is 0 Å². The standard InChI is InChI=1S/C14H23N3O3.2ClH/c15-10-13-9-12(11-20-13)14(18)16-3-1-2-4-17-5-7-19-8-6-17;;/h9,11H,1-8,10,15H2,(H,16,18);2*1H. The first-order chi connectivity index (χ1) is 9.79. The molecule has 128 valence electrons. The molecule has 8 heteroatoms. The maximum absolute atomic E-state index is 11.8. The Hall–Kier alpha value is -0.790. The second kappa shape index (κ2) is 11.7. The molecular formula is C14H25Cl2N3O3. The average Bonchev–Trinajstić information content (AvgIpc) is 2.97. The van der Waals surface area contributed by atoms with E-state index in [1.165, 1.54) is 6.26 Å². The molecule has 0 radical (unpaired) electrons. The Morgan fingerprint density at radius 2 is 2.00 bits per heavy atom. The highest BCUT2D eigenvalue weighted by Gasteiger charge is 2.10. The van der Waals surface area contributed by atoms with Crippen LogP contribution in [0.15, 0.2) is 16.7 Å². The van der Waals surface area contributed by atoms with Crippen LogP contribution in [0.3, 0.4) is 0 Å². The second-order valence-corrected chi connectivity index (χ2v) is 4.92. The molecular weight excluding hydrogens is 329 g/mol. The largest absolute Gasteiger partial charge is 0.467 e. The lowest BCUT2D eigenvalue weighted by molar-refractivity contribution is 0.0372. The number of furan rings is 1. The van der Waals surface area contributed by atoms with Gasteiger partial charge in [0.1, 0.15) is 12.0 Å². The summed E-state index contributed by atoms with van der Waals surface area (Å²) in [5.41, 5.74) is 5.98. The molecule has 1 aliphatic rings. The molecule has 22 heavy (non-hydrogen) atoms. The van der Waals surface area contributed by atoms with Crippen molar-refractivity contribution in [2.75, 3.05) is 39.4 Å². The lowest BCUT2D eigenvalue weighted by atomic mass is 10.2. The van der Waals surface area contributed by atoms with Crippen molar-refractivity contribution < 1.29 is 13.9 Å². The number of rotatable bonds is 7. The van der Waals surface area contributed by atoms with Crippen molar-refractivity contribution in [3.63, 3.8) is 0 Å². The molecule has 1 aromatic heterocycles. The normalized spacial score (nSPS) is 14.8. The summed E-state index contributed by atoms with van der Waals surface area (Å²) in [4.78, 5) is 14.2. The maximum atomic E-state index is 11.8. The van der Waals surface area contributed by atoms with Gasteiger partial charge in [-0.3, -0.25) is 9.69 Å². The molecule has 0 saturated carbocycles. The third-order valence-corrected chi connectivity index (χ3v) is 3.41. The smallest absolute Gasteiger partial charge is 0.254 e. The zero-order valence-corrected chi connectivity index (χ0v) is 14.2. The fraction of sp³-hybridized carbons (Fsp3) is 0.643. The Kier molecular flexibility index (Phi) is 11.3. The van der Waals surface area contributed by atoms with E-state index in [4.69, 9.17) is 14.9 Å². The Morgan fingerprint density at radius 1 is 1.27 bits per heavy atom. The van der Waals surface area contributed by atoms with Gasteiger partial charge in [-0.05, 0) is 25.5 Å². The van der Waals surface area contributed by atoms with Crippen molar-refractivity contribution in [2.45, 2.75) is 19.4 Å². The van der Waals surface area contributed by atoms with E-state index in [-0.39, 0.29) is 30.7 Å². The molecule has 1 aliphatic heterocycles. The summed E-state index contributed by atoms with van der Waals surface area (Å²) < 4.78 is 10.4. The summed E-state index contributed by atoms with van der Waals surface area (Å²) in [7, 11) is 0. The third kappa shape index (κ3) is 6.98. The van der Waals surface area contributed by atoms with Crippen LogP contribution < -0.4 is 11.1 Å². The summed E-state index contributed by atoms with van der Waals surface area (Å²) in [6, 6.07) is 1.68. The van der Waals surface area contributed by atoms with Crippen LogP contribution in [0.25, 0.3) is 0 Å².